The van der Waals surface area contributed by atoms with Crippen LogP contribution in [0.4, 0.5) is 0 Å². The molecule has 0 aliphatic heterocycles. The predicted octanol–water partition coefficient (Wildman–Crippen LogP) is 1.88. The van der Waals surface area contributed by atoms with E-state index in [0.29, 0.717) is 18.8 Å². The van der Waals surface area contributed by atoms with Gasteiger partial charge >= 0.3 is 0 Å². The lowest BCUT2D eigenvalue weighted by Crippen LogP contribution is -2.09. The molecular weight excluding hydrogens is 214 g/mol. The number of hydrogen-bond acceptors (Lipinski definition) is 3. The van der Waals surface area contributed by atoms with Crippen molar-refractivity contribution in [3.05, 3.63) is 54.1 Å². The number of aliphatic hydroxyl groups excluding tert-OH is 1. The van der Waals surface area contributed by atoms with Crippen LogP contribution in [-0.4, -0.2) is 14.7 Å². The van der Waals surface area contributed by atoms with Crippen molar-refractivity contribution in [3.63, 3.8) is 0 Å². The molecule has 0 bridgehead atoms. The maximum atomic E-state index is 10.2. The predicted molar refractivity (Wildman–Crippen MR) is 63.0 cm³/mol. The second-order valence-corrected chi connectivity index (χ2v) is 3.70. The highest BCUT2D eigenvalue weighted by Crippen LogP contribution is 2.20. The van der Waals surface area contributed by atoms with Crippen LogP contribution in [0.5, 0.6) is 0 Å². The van der Waals surface area contributed by atoms with Crippen LogP contribution >= 0.6 is 0 Å². The molecule has 0 saturated carbocycles. The van der Waals surface area contributed by atoms with E-state index in [1.165, 1.54) is 0 Å². The number of aryl methyl sites for hydroxylation is 1. The summed E-state index contributed by atoms with van der Waals surface area (Å²) < 4.78 is 1.81. The summed E-state index contributed by atoms with van der Waals surface area (Å²) in [6.07, 6.45) is 3.08. The molecule has 0 radical (unpaired) electrons. The molecule has 1 aromatic carbocycles. The van der Waals surface area contributed by atoms with E-state index in [1.807, 2.05) is 30.3 Å². The molecule has 1 aromatic heterocycles. The van der Waals surface area contributed by atoms with E-state index in [9.17, 15) is 5.11 Å². The third kappa shape index (κ3) is 2.52. The summed E-state index contributed by atoms with van der Waals surface area (Å²) in [6.45, 7) is 0.551. The Kier molecular flexibility index (Phi) is 3.53. The van der Waals surface area contributed by atoms with E-state index in [0.717, 1.165) is 5.56 Å². The van der Waals surface area contributed by atoms with Gasteiger partial charge in [0, 0.05) is 18.9 Å². The fraction of sp³-hybridized carbons (Fsp3) is 0.231. The molecule has 4 nitrogen and oxygen atoms in total. The molecule has 0 amide bonds. The van der Waals surface area contributed by atoms with Crippen molar-refractivity contribution in [1.82, 2.24) is 9.55 Å². The molecule has 86 valence electrons. The molecule has 1 atom stereocenters. The summed E-state index contributed by atoms with van der Waals surface area (Å²) >= 11 is 0. The fourth-order valence-corrected chi connectivity index (χ4v) is 1.71. The zero-order chi connectivity index (χ0) is 12.1. The lowest BCUT2D eigenvalue weighted by atomic mass is 10.1. The third-order valence-electron chi connectivity index (χ3n) is 2.57. The molecule has 0 fully saturated rings. The summed E-state index contributed by atoms with van der Waals surface area (Å²) in [6, 6.07) is 11.4. The lowest BCUT2D eigenvalue weighted by Gasteiger charge is -2.12. The van der Waals surface area contributed by atoms with Crippen LogP contribution in [0.1, 0.15) is 23.9 Å². The largest absolute Gasteiger partial charge is 0.380 e. The Morgan fingerprint density at radius 2 is 2.12 bits per heavy atom. The smallest absolute Gasteiger partial charge is 0.142 e. The Bertz CT molecular complexity index is 513. The summed E-state index contributed by atoms with van der Waals surface area (Å²) in [7, 11) is 0. The highest BCUT2D eigenvalue weighted by Gasteiger charge is 2.15. The third-order valence-corrected chi connectivity index (χ3v) is 2.57. The van der Waals surface area contributed by atoms with Gasteiger partial charge in [-0.05, 0) is 5.56 Å². The topological polar surface area (TPSA) is 61.8 Å². The first-order chi connectivity index (χ1) is 8.33. The maximum Gasteiger partial charge on any atom is 0.142 e. The van der Waals surface area contributed by atoms with E-state index >= 15 is 0 Å². The molecule has 2 aromatic rings. The number of aromatic nitrogens is 2. The highest BCUT2D eigenvalue weighted by molar-refractivity contribution is 5.22. The van der Waals surface area contributed by atoms with Gasteiger partial charge in [0.05, 0.1) is 12.5 Å². The van der Waals surface area contributed by atoms with Crippen molar-refractivity contribution in [2.45, 2.75) is 19.1 Å². The molecule has 1 heterocycles. The van der Waals surface area contributed by atoms with Gasteiger partial charge < -0.3 is 9.67 Å². The first-order valence-corrected chi connectivity index (χ1v) is 5.44. The Morgan fingerprint density at radius 3 is 2.82 bits per heavy atom. The van der Waals surface area contributed by atoms with E-state index in [1.54, 1.807) is 17.0 Å². The van der Waals surface area contributed by atoms with Gasteiger partial charge in [-0.3, -0.25) is 0 Å². The molecule has 0 saturated heterocycles. The van der Waals surface area contributed by atoms with Crippen molar-refractivity contribution in [1.29, 1.82) is 5.26 Å². The van der Waals surface area contributed by atoms with Gasteiger partial charge in [0.15, 0.2) is 0 Å². The molecule has 0 spiro atoms. The van der Waals surface area contributed by atoms with Crippen LogP contribution in [-0.2, 0) is 6.54 Å². The number of nitriles is 1. The van der Waals surface area contributed by atoms with E-state index in [2.05, 4.69) is 11.1 Å². The quantitative estimate of drug-likeness (QED) is 0.867. The van der Waals surface area contributed by atoms with Gasteiger partial charge in [-0.15, -0.1) is 0 Å². The molecule has 2 rings (SSSR count). The van der Waals surface area contributed by atoms with E-state index < -0.39 is 6.10 Å². The highest BCUT2D eigenvalue weighted by atomic mass is 16.3. The normalized spacial score (nSPS) is 12.0. The minimum Gasteiger partial charge on any atom is -0.380 e. The first kappa shape index (κ1) is 11.4. The van der Waals surface area contributed by atoms with Gasteiger partial charge in [0.25, 0.3) is 0 Å². The molecule has 1 unspecified atom stereocenters. The van der Waals surface area contributed by atoms with Crippen LogP contribution in [0.25, 0.3) is 0 Å². The summed E-state index contributed by atoms with van der Waals surface area (Å²) in [5.74, 6) is 0.575. The number of hydrogen-bond donors (Lipinski definition) is 1. The summed E-state index contributed by atoms with van der Waals surface area (Å²) in [5, 5.41) is 18.8. The van der Waals surface area contributed by atoms with Crippen molar-refractivity contribution in [2.75, 3.05) is 0 Å². The number of nitrogens with zero attached hydrogens (tertiary/aromatic N) is 3. The van der Waals surface area contributed by atoms with Crippen LogP contribution < -0.4 is 0 Å². The number of imidazole rings is 1. The number of aliphatic hydroxyl groups is 1. The van der Waals surface area contributed by atoms with Gasteiger partial charge in [-0.1, -0.05) is 30.3 Å². The molecule has 17 heavy (non-hydrogen) atoms. The summed E-state index contributed by atoms with van der Waals surface area (Å²) in [5.41, 5.74) is 0.803. The van der Waals surface area contributed by atoms with Crippen molar-refractivity contribution < 1.29 is 5.11 Å². The molecule has 0 aliphatic rings. The van der Waals surface area contributed by atoms with E-state index in [-0.39, 0.29) is 0 Å². The summed E-state index contributed by atoms with van der Waals surface area (Å²) in [4.78, 5) is 4.15. The number of benzene rings is 1. The lowest BCUT2D eigenvalue weighted by molar-refractivity contribution is 0.204. The minimum atomic E-state index is -0.745. The Morgan fingerprint density at radius 1 is 1.35 bits per heavy atom. The van der Waals surface area contributed by atoms with E-state index in [4.69, 9.17) is 5.26 Å². The molecule has 1 N–H and O–H groups in total. The van der Waals surface area contributed by atoms with Crippen molar-refractivity contribution >= 4 is 0 Å². The Balaban J connectivity index is 2.23. The second kappa shape index (κ2) is 5.28. The van der Waals surface area contributed by atoms with Gasteiger partial charge in [0.2, 0.25) is 0 Å². The zero-order valence-electron chi connectivity index (χ0n) is 9.32. The second-order valence-electron chi connectivity index (χ2n) is 3.70. The minimum absolute atomic E-state index is 0.408. The Labute approximate surface area is 99.8 Å². The molecule has 4 heteroatoms. The van der Waals surface area contributed by atoms with Crippen LogP contribution in [0.2, 0.25) is 0 Å². The molecule has 0 aliphatic carbocycles. The zero-order valence-corrected chi connectivity index (χ0v) is 9.32. The SMILES string of the molecule is N#CCCn1ccnc1C(O)c1ccccc1. The van der Waals surface area contributed by atoms with Crippen molar-refractivity contribution in [3.8, 4) is 6.07 Å². The monoisotopic (exact) mass is 227 g/mol. The first-order valence-electron chi connectivity index (χ1n) is 5.44. The number of rotatable bonds is 4. The standard InChI is InChI=1S/C13H13N3O/c14-7-4-9-16-10-8-15-13(16)12(17)11-5-2-1-3-6-11/h1-3,5-6,8,10,12,17H,4,9H2. The average molecular weight is 227 g/mol. The van der Waals surface area contributed by atoms with Crippen LogP contribution in [0.3, 0.4) is 0 Å². The van der Waals surface area contributed by atoms with Crippen LogP contribution in [0, 0.1) is 11.3 Å². The Hall–Kier alpha value is -2.12. The molecular formula is C13H13N3O. The van der Waals surface area contributed by atoms with Crippen LogP contribution in [0.15, 0.2) is 42.7 Å². The van der Waals surface area contributed by atoms with Crippen molar-refractivity contribution in [2.24, 2.45) is 0 Å². The van der Waals surface area contributed by atoms with Gasteiger partial charge in [-0.25, -0.2) is 4.98 Å². The van der Waals surface area contributed by atoms with Gasteiger partial charge in [-0.2, -0.15) is 5.26 Å². The maximum absolute atomic E-state index is 10.2. The fourth-order valence-electron chi connectivity index (χ4n) is 1.71. The van der Waals surface area contributed by atoms with Gasteiger partial charge in [0.1, 0.15) is 11.9 Å². The average Bonchev–Trinajstić information content (AvgIpc) is 2.84.